The van der Waals surface area contributed by atoms with Gasteiger partial charge in [0.1, 0.15) is 0 Å². The van der Waals surface area contributed by atoms with Crippen molar-refractivity contribution in [3.63, 3.8) is 0 Å². The summed E-state index contributed by atoms with van der Waals surface area (Å²) in [5.74, 6) is -0.0200. The van der Waals surface area contributed by atoms with Gasteiger partial charge in [0, 0.05) is 12.0 Å². The molecule has 0 unspecified atom stereocenters. The summed E-state index contributed by atoms with van der Waals surface area (Å²) < 4.78 is 0.652. The summed E-state index contributed by atoms with van der Waals surface area (Å²) in [5.41, 5.74) is 1.55. The van der Waals surface area contributed by atoms with Gasteiger partial charge in [-0.3, -0.25) is 4.79 Å². The zero-order valence-electron chi connectivity index (χ0n) is 9.61. The Bertz CT molecular complexity index is 557. The minimum absolute atomic E-state index is 0.0200. The fourth-order valence-corrected chi connectivity index (χ4v) is 3.80. The molecule has 0 radical (unpaired) electrons. The molecule has 0 atom stereocenters. The Morgan fingerprint density at radius 1 is 1.39 bits per heavy atom. The number of thiophene rings is 2. The van der Waals surface area contributed by atoms with Crippen molar-refractivity contribution < 1.29 is 4.79 Å². The molecule has 94 valence electrons. The average molecular weight is 298 g/mol. The van der Waals surface area contributed by atoms with Gasteiger partial charge in [0.15, 0.2) is 0 Å². The second kappa shape index (κ2) is 4.68. The number of hydrogen-bond acceptors (Lipinski definition) is 3. The summed E-state index contributed by atoms with van der Waals surface area (Å²) >= 11 is 8.86. The number of hydrogen-bond donors (Lipinski definition) is 1. The Morgan fingerprint density at radius 2 is 2.22 bits per heavy atom. The molecule has 2 aromatic heterocycles. The zero-order valence-corrected chi connectivity index (χ0v) is 12.0. The van der Waals surface area contributed by atoms with E-state index in [1.54, 1.807) is 23.5 Å². The Labute approximate surface area is 119 Å². The molecular weight excluding hydrogens is 286 g/mol. The third-order valence-electron chi connectivity index (χ3n) is 3.37. The molecule has 3 rings (SSSR count). The molecule has 1 fully saturated rings. The molecule has 0 aromatic carbocycles. The molecule has 1 aliphatic carbocycles. The molecule has 0 aliphatic heterocycles. The first-order chi connectivity index (χ1) is 8.70. The molecule has 5 heteroatoms. The third-order valence-corrected chi connectivity index (χ3v) is 5.28. The topological polar surface area (TPSA) is 29.1 Å². The first-order valence-corrected chi connectivity index (χ1v) is 7.90. The maximum atomic E-state index is 11.9. The van der Waals surface area contributed by atoms with Crippen LogP contribution in [0.1, 0.15) is 28.1 Å². The first kappa shape index (κ1) is 12.2. The van der Waals surface area contributed by atoms with Crippen LogP contribution in [0.3, 0.4) is 0 Å². The lowest BCUT2D eigenvalue weighted by Gasteiger charge is -2.14. The van der Waals surface area contributed by atoms with E-state index < -0.39 is 0 Å². The summed E-state index contributed by atoms with van der Waals surface area (Å²) in [6, 6.07) is 5.69. The predicted molar refractivity (Wildman–Crippen MR) is 76.9 cm³/mol. The van der Waals surface area contributed by atoms with Crippen molar-refractivity contribution in [2.45, 2.75) is 18.3 Å². The molecule has 0 bridgehead atoms. The van der Waals surface area contributed by atoms with E-state index in [0.29, 0.717) is 9.21 Å². The lowest BCUT2D eigenvalue weighted by atomic mass is 9.99. The summed E-state index contributed by atoms with van der Waals surface area (Å²) in [7, 11) is 0. The summed E-state index contributed by atoms with van der Waals surface area (Å²) in [6.07, 6.45) is 2.32. The van der Waals surface area contributed by atoms with E-state index in [0.717, 1.165) is 19.4 Å². The largest absolute Gasteiger partial charge is 0.350 e. The minimum Gasteiger partial charge on any atom is -0.350 e. The Hall–Kier alpha value is -0.840. The highest BCUT2D eigenvalue weighted by Crippen LogP contribution is 2.48. The van der Waals surface area contributed by atoms with Crippen molar-refractivity contribution >= 4 is 40.2 Å². The van der Waals surface area contributed by atoms with Crippen LogP contribution in [-0.4, -0.2) is 12.5 Å². The number of amides is 1. The third kappa shape index (κ3) is 2.32. The van der Waals surface area contributed by atoms with Crippen molar-refractivity contribution in [2.75, 3.05) is 6.54 Å². The van der Waals surface area contributed by atoms with Gasteiger partial charge >= 0.3 is 0 Å². The first-order valence-electron chi connectivity index (χ1n) is 5.76. The minimum atomic E-state index is -0.0200. The second-order valence-corrected chi connectivity index (χ2v) is 7.07. The molecule has 1 saturated carbocycles. The van der Waals surface area contributed by atoms with E-state index in [-0.39, 0.29) is 11.3 Å². The van der Waals surface area contributed by atoms with Gasteiger partial charge in [-0.25, -0.2) is 0 Å². The number of rotatable bonds is 4. The SMILES string of the molecule is O=C(NCC1(c2ccsc2)CC1)c1ccc(Cl)s1. The lowest BCUT2D eigenvalue weighted by molar-refractivity contribution is 0.0954. The maximum Gasteiger partial charge on any atom is 0.261 e. The number of carbonyl (C=O) groups is 1. The van der Waals surface area contributed by atoms with E-state index >= 15 is 0 Å². The lowest BCUT2D eigenvalue weighted by Crippen LogP contribution is -2.31. The van der Waals surface area contributed by atoms with Gasteiger partial charge in [-0.1, -0.05) is 11.6 Å². The summed E-state index contributed by atoms with van der Waals surface area (Å²) in [6.45, 7) is 0.720. The smallest absolute Gasteiger partial charge is 0.261 e. The fraction of sp³-hybridized carbons (Fsp3) is 0.308. The normalized spacial score (nSPS) is 16.5. The van der Waals surface area contributed by atoms with Crippen LogP contribution in [0.5, 0.6) is 0 Å². The van der Waals surface area contributed by atoms with Crippen molar-refractivity contribution in [3.8, 4) is 0 Å². The standard InChI is InChI=1S/C13H12ClNOS2/c14-11-2-1-10(18-11)12(16)15-8-13(4-5-13)9-3-6-17-7-9/h1-3,6-7H,4-5,8H2,(H,15,16). The van der Waals surface area contributed by atoms with Crippen LogP contribution >= 0.6 is 34.3 Å². The highest BCUT2D eigenvalue weighted by molar-refractivity contribution is 7.18. The van der Waals surface area contributed by atoms with Crippen LogP contribution in [0.4, 0.5) is 0 Å². The quantitative estimate of drug-likeness (QED) is 0.910. The molecule has 1 N–H and O–H groups in total. The number of nitrogens with one attached hydrogen (secondary N) is 1. The molecule has 1 aliphatic rings. The number of carbonyl (C=O) groups excluding carboxylic acids is 1. The molecule has 2 heterocycles. The van der Waals surface area contributed by atoms with Gasteiger partial charge in [0.25, 0.3) is 5.91 Å². The van der Waals surface area contributed by atoms with Gasteiger partial charge in [0.05, 0.1) is 9.21 Å². The van der Waals surface area contributed by atoms with Gasteiger partial charge in [-0.15, -0.1) is 11.3 Å². The van der Waals surface area contributed by atoms with Crippen molar-refractivity contribution in [2.24, 2.45) is 0 Å². The Morgan fingerprint density at radius 3 is 2.78 bits per heavy atom. The highest BCUT2D eigenvalue weighted by Gasteiger charge is 2.44. The van der Waals surface area contributed by atoms with Crippen LogP contribution in [0.2, 0.25) is 4.34 Å². The highest BCUT2D eigenvalue weighted by atomic mass is 35.5. The van der Waals surface area contributed by atoms with E-state index in [1.165, 1.54) is 16.9 Å². The monoisotopic (exact) mass is 297 g/mol. The molecule has 2 aromatic rings. The van der Waals surface area contributed by atoms with Crippen molar-refractivity contribution in [1.29, 1.82) is 0 Å². The van der Waals surface area contributed by atoms with E-state index in [1.807, 2.05) is 0 Å². The van der Waals surface area contributed by atoms with E-state index in [2.05, 4.69) is 22.1 Å². The maximum absolute atomic E-state index is 11.9. The summed E-state index contributed by atoms with van der Waals surface area (Å²) in [4.78, 5) is 12.6. The van der Waals surface area contributed by atoms with Crippen molar-refractivity contribution in [3.05, 3.63) is 43.7 Å². The average Bonchev–Trinajstić information content (AvgIpc) is 2.82. The Balaban J connectivity index is 1.64. The van der Waals surface area contributed by atoms with Gasteiger partial charge in [-0.2, -0.15) is 11.3 Å². The van der Waals surface area contributed by atoms with E-state index in [4.69, 9.17) is 11.6 Å². The second-order valence-electron chi connectivity index (χ2n) is 4.58. The van der Waals surface area contributed by atoms with Crippen LogP contribution in [-0.2, 0) is 5.41 Å². The van der Waals surface area contributed by atoms with Crippen LogP contribution in [0, 0.1) is 0 Å². The van der Waals surface area contributed by atoms with Gasteiger partial charge in [-0.05, 0) is 47.4 Å². The van der Waals surface area contributed by atoms with Gasteiger partial charge in [0.2, 0.25) is 0 Å². The summed E-state index contributed by atoms with van der Waals surface area (Å²) in [5, 5.41) is 7.30. The zero-order chi connectivity index (χ0) is 12.6. The van der Waals surface area contributed by atoms with Crippen LogP contribution < -0.4 is 5.32 Å². The molecule has 2 nitrogen and oxygen atoms in total. The molecule has 1 amide bonds. The van der Waals surface area contributed by atoms with Crippen molar-refractivity contribution in [1.82, 2.24) is 5.32 Å². The van der Waals surface area contributed by atoms with Crippen LogP contribution in [0.25, 0.3) is 0 Å². The number of halogens is 1. The van der Waals surface area contributed by atoms with Gasteiger partial charge < -0.3 is 5.32 Å². The molecule has 0 spiro atoms. The molecular formula is C13H12ClNOS2. The Kier molecular flexibility index (Phi) is 3.18. The van der Waals surface area contributed by atoms with Crippen LogP contribution in [0.15, 0.2) is 29.0 Å². The van der Waals surface area contributed by atoms with E-state index in [9.17, 15) is 4.79 Å². The molecule has 18 heavy (non-hydrogen) atoms. The fourth-order valence-electron chi connectivity index (χ4n) is 2.06. The predicted octanol–water partition coefficient (Wildman–Crippen LogP) is 3.92. The molecule has 0 saturated heterocycles.